The van der Waals surface area contributed by atoms with Crippen LogP contribution in [0.25, 0.3) is 0 Å². The van der Waals surface area contributed by atoms with E-state index in [9.17, 15) is 24.3 Å². The molecule has 0 saturated heterocycles. The molecule has 1 spiro atoms. The molecule has 0 radical (unpaired) electrons. The molecule has 0 saturated carbocycles. The third-order valence-electron chi connectivity index (χ3n) is 13.3. The van der Waals surface area contributed by atoms with Crippen molar-refractivity contribution in [2.75, 3.05) is 9.80 Å². The molecule has 9 rings (SSSR count). The number of carbonyl (C=O) groups is 4. The van der Waals surface area contributed by atoms with Crippen molar-refractivity contribution >= 4 is 35.0 Å². The van der Waals surface area contributed by atoms with E-state index >= 15 is 0 Å². The van der Waals surface area contributed by atoms with Gasteiger partial charge in [-0.25, -0.2) is 9.80 Å². The van der Waals surface area contributed by atoms with E-state index in [1.165, 1.54) is 22.3 Å². The van der Waals surface area contributed by atoms with Gasteiger partial charge in [-0.2, -0.15) is 0 Å². The van der Waals surface area contributed by atoms with Gasteiger partial charge < -0.3 is 5.11 Å². The maximum atomic E-state index is 14.0. The van der Waals surface area contributed by atoms with Crippen molar-refractivity contribution in [1.82, 2.24) is 0 Å². The summed E-state index contributed by atoms with van der Waals surface area (Å²) >= 11 is 0. The highest BCUT2D eigenvalue weighted by molar-refractivity contribution is 6.36. The van der Waals surface area contributed by atoms with Gasteiger partial charge in [0.1, 0.15) is 5.75 Å². The average Bonchev–Trinajstić information content (AvgIpc) is 3.74. The summed E-state index contributed by atoms with van der Waals surface area (Å²) in [5, 5.41) is 10.4. The number of rotatable bonds is 6. The molecule has 4 amide bonds. The van der Waals surface area contributed by atoms with E-state index in [1.54, 1.807) is 36.4 Å². The summed E-state index contributed by atoms with van der Waals surface area (Å²) in [5.74, 6) is -1.44. The summed E-state index contributed by atoms with van der Waals surface area (Å²) in [6.07, 6.45) is 3.42. The predicted molar refractivity (Wildman–Crippen MR) is 218 cm³/mol. The zero-order valence-electron chi connectivity index (χ0n) is 33.0. The molecular weight excluding hydrogens is 697 g/mol. The van der Waals surface area contributed by atoms with Crippen LogP contribution in [-0.2, 0) is 28.1 Å². The van der Waals surface area contributed by atoms with Gasteiger partial charge in [-0.15, -0.1) is 0 Å². The second-order valence-corrected chi connectivity index (χ2v) is 18.3. The lowest BCUT2D eigenvalue weighted by atomic mass is 9.72. The summed E-state index contributed by atoms with van der Waals surface area (Å²) in [6, 6.07) is 30.1. The van der Waals surface area contributed by atoms with Gasteiger partial charge in [-0.05, 0) is 135 Å². The van der Waals surface area contributed by atoms with Gasteiger partial charge in [0.2, 0.25) is 0 Å². The zero-order chi connectivity index (χ0) is 39.7. The third-order valence-corrected chi connectivity index (χ3v) is 13.3. The molecule has 4 aliphatic rings. The number of anilines is 2. The van der Waals surface area contributed by atoms with Crippen LogP contribution in [0.15, 0.2) is 97.1 Å². The minimum Gasteiger partial charge on any atom is -0.508 e. The summed E-state index contributed by atoms with van der Waals surface area (Å²) in [6.45, 7) is 15.5. The first-order valence-corrected chi connectivity index (χ1v) is 19.6. The van der Waals surface area contributed by atoms with Crippen molar-refractivity contribution in [2.24, 2.45) is 0 Å². The zero-order valence-corrected chi connectivity index (χ0v) is 33.0. The Labute approximate surface area is 328 Å². The largest absolute Gasteiger partial charge is 0.508 e. The number of carbonyl (C=O) groups excluding carboxylic acids is 4. The maximum Gasteiger partial charge on any atom is 0.266 e. The molecule has 0 aromatic heterocycles. The van der Waals surface area contributed by atoms with Crippen LogP contribution in [-0.4, -0.2) is 28.7 Å². The standard InChI is InChI=1S/C49H46N2O5/c1-8-46(2,3)30-14-17-35-37(23-30)45(56)51(43(35)54)32-11-9-10-31(24-32)50-42(53)34-16-12-28(21-36(34)44(50)55)20-29-13-18-38-40(22-29)47(4,5)26-49(38)27-48(6,7)41-25-33(52)15-19-39(41)49/h9-19,21-25,52H,8,20,26-27H2,1-7H3. The smallest absolute Gasteiger partial charge is 0.266 e. The molecule has 1 atom stereocenters. The fourth-order valence-electron chi connectivity index (χ4n) is 10.2. The summed E-state index contributed by atoms with van der Waals surface area (Å²) in [4.78, 5) is 57.3. The van der Waals surface area contributed by atoms with E-state index < -0.39 is 23.6 Å². The van der Waals surface area contributed by atoms with Gasteiger partial charge in [0.15, 0.2) is 0 Å². The molecule has 2 aliphatic carbocycles. The van der Waals surface area contributed by atoms with E-state index in [1.807, 2.05) is 36.4 Å². The average molecular weight is 743 g/mol. The van der Waals surface area contributed by atoms with Crippen LogP contribution >= 0.6 is 0 Å². The van der Waals surface area contributed by atoms with Crippen molar-refractivity contribution in [3.63, 3.8) is 0 Å². The Bertz CT molecular complexity index is 2600. The van der Waals surface area contributed by atoms with E-state index in [0.717, 1.165) is 45.8 Å². The van der Waals surface area contributed by atoms with Gasteiger partial charge in [-0.1, -0.05) is 90.9 Å². The SMILES string of the molecule is CCC(C)(C)c1ccc2c(c1)C(=O)N(c1cccc(N3C(=O)c4ccc(Cc5ccc6c(c5)C(C)(C)CC65CC(C)(C)c6cc(O)ccc65)cc4C3=O)c1)C2=O. The molecular formula is C49H46N2O5. The van der Waals surface area contributed by atoms with E-state index in [-0.39, 0.29) is 21.7 Å². The molecule has 5 aromatic rings. The number of phenolic OH excluding ortho intramolecular Hbond substituents is 1. The summed E-state index contributed by atoms with van der Waals surface area (Å²) in [5.41, 5.74) is 9.75. The first-order chi connectivity index (χ1) is 26.5. The van der Waals surface area contributed by atoms with Crippen LogP contribution in [0.1, 0.15) is 148 Å². The minimum atomic E-state index is -0.444. The molecule has 56 heavy (non-hydrogen) atoms. The Balaban J connectivity index is 0.984. The monoisotopic (exact) mass is 742 g/mol. The Morgan fingerprint density at radius 3 is 1.68 bits per heavy atom. The van der Waals surface area contributed by atoms with Crippen LogP contribution in [0.5, 0.6) is 5.75 Å². The topological polar surface area (TPSA) is 95.0 Å². The summed E-state index contributed by atoms with van der Waals surface area (Å²) < 4.78 is 0. The Hall–Kier alpha value is -5.82. The number of benzene rings is 5. The van der Waals surface area contributed by atoms with E-state index in [0.29, 0.717) is 45.8 Å². The molecule has 7 heteroatoms. The molecule has 2 heterocycles. The van der Waals surface area contributed by atoms with Crippen LogP contribution < -0.4 is 9.80 Å². The number of nitrogens with zero attached hydrogens (tertiary/aromatic N) is 2. The molecule has 1 N–H and O–H groups in total. The number of aromatic hydroxyl groups is 1. The Morgan fingerprint density at radius 2 is 1.07 bits per heavy atom. The minimum absolute atomic E-state index is 0.0704. The van der Waals surface area contributed by atoms with Gasteiger partial charge in [-0.3, -0.25) is 19.2 Å². The van der Waals surface area contributed by atoms with Crippen molar-refractivity contribution in [1.29, 1.82) is 0 Å². The van der Waals surface area contributed by atoms with Gasteiger partial charge in [0.25, 0.3) is 23.6 Å². The second-order valence-electron chi connectivity index (χ2n) is 18.3. The predicted octanol–water partition coefficient (Wildman–Crippen LogP) is 9.92. The highest BCUT2D eigenvalue weighted by Gasteiger charge is 2.56. The van der Waals surface area contributed by atoms with Crippen molar-refractivity contribution in [3.8, 4) is 5.75 Å². The third kappa shape index (κ3) is 5.09. The van der Waals surface area contributed by atoms with Gasteiger partial charge >= 0.3 is 0 Å². The lowest BCUT2D eigenvalue weighted by Gasteiger charge is -2.30. The van der Waals surface area contributed by atoms with E-state index in [4.69, 9.17) is 0 Å². The Morgan fingerprint density at radius 1 is 0.571 bits per heavy atom. The number of imide groups is 2. The first kappa shape index (κ1) is 35.9. The van der Waals surface area contributed by atoms with Crippen LogP contribution in [0.2, 0.25) is 0 Å². The molecule has 282 valence electrons. The van der Waals surface area contributed by atoms with E-state index in [2.05, 4.69) is 72.7 Å². The molecule has 5 aromatic carbocycles. The molecule has 0 bridgehead atoms. The van der Waals surface area contributed by atoms with Crippen molar-refractivity contribution < 1.29 is 24.3 Å². The maximum absolute atomic E-state index is 14.0. The number of hydrogen-bond acceptors (Lipinski definition) is 5. The first-order valence-electron chi connectivity index (χ1n) is 19.6. The van der Waals surface area contributed by atoms with Gasteiger partial charge in [0, 0.05) is 5.41 Å². The highest BCUT2D eigenvalue weighted by atomic mass is 16.3. The highest BCUT2D eigenvalue weighted by Crippen LogP contribution is 2.63. The van der Waals surface area contributed by atoms with Crippen LogP contribution in [0, 0.1) is 0 Å². The Kier molecular flexibility index (Phi) is 7.58. The van der Waals surface area contributed by atoms with Crippen LogP contribution in [0.4, 0.5) is 11.4 Å². The lowest BCUT2D eigenvalue weighted by Crippen LogP contribution is -2.31. The van der Waals surface area contributed by atoms with Crippen molar-refractivity contribution in [3.05, 3.63) is 158 Å². The molecule has 7 nitrogen and oxygen atoms in total. The number of hydrogen-bond donors (Lipinski definition) is 1. The molecule has 0 fully saturated rings. The van der Waals surface area contributed by atoms with Gasteiger partial charge in [0.05, 0.1) is 33.6 Å². The van der Waals surface area contributed by atoms with Crippen LogP contribution in [0.3, 0.4) is 0 Å². The fraction of sp³-hybridized carbons (Fsp3) is 0.306. The van der Waals surface area contributed by atoms with Crippen molar-refractivity contribution in [2.45, 2.75) is 95.8 Å². The second kappa shape index (κ2) is 11.8. The lowest BCUT2D eigenvalue weighted by molar-refractivity contribution is 0.0912. The molecule has 1 unspecified atom stereocenters. The number of fused-ring (bicyclic) bond motifs is 6. The quantitative estimate of drug-likeness (QED) is 0.175. The summed E-state index contributed by atoms with van der Waals surface area (Å²) in [7, 11) is 0. The number of amides is 4. The normalized spacial score (nSPS) is 20.2. The number of phenols is 1. The fourth-order valence-corrected chi connectivity index (χ4v) is 10.2. The molecule has 2 aliphatic heterocycles.